The van der Waals surface area contributed by atoms with Crippen LogP contribution in [0, 0.1) is 11.2 Å². The van der Waals surface area contributed by atoms with E-state index in [-0.39, 0.29) is 29.4 Å². The van der Waals surface area contributed by atoms with Crippen LogP contribution in [0.1, 0.15) is 35.7 Å². The van der Waals surface area contributed by atoms with Crippen molar-refractivity contribution in [1.82, 2.24) is 4.90 Å². The summed E-state index contributed by atoms with van der Waals surface area (Å²) in [6.45, 7) is 3.61. The number of carbonyl (C=O) groups excluding carboxylic acids is 1. The maximum absolute atomic E-state index is 14.4. The van der Waals surface area contributed by atoms with Crippen LogP contribution < -0.4 is 14.2 Å². The molecule has 2 aliphatic rings. The van der Waals surface area contributed by atoms with Gasteiger partial charge in [0.05, 0.1) is 7.11 Å². The van der Waals surface area contributed by atoms with E-state index < -0.39 is 5.82 Å². The summed E-state index contributed by atoms with van der Waals surface area (Å²) in [4.78, 5) is 14.8. The standard InChI is InChI=1S/C22H24FNO4/c1-22(12-15-7-8-17-19(11-15)28-14-27-17)9-4-10-24(13-22)21(25)20-16(23)5-3-6-18(20)26-2/h3,5-8,11H,4,9-10,12-14H2,1-2H3. The Morgan fingerprint density at radius 2 is 2.07 bits per heavy atom. The van der Waals surface area contributed by atoms with Crippen molar-refractivity contribution in [3.63, 3.8) is 0 Å². The van der Waals surface area contributed by atoms with Crippen molar-refractivity contribution in [2.75, 3.05) is 27.0 Å². The lowest BCUT2D eigenvalue weighted by Gasteiger charge is -2.41. The minimum atomic E-state index is -0.549. The molecule has 1 fully saturated rings. The van der Waals surface area contributed by atoms with Gasteiger partial charge in [0.1, 0.15) is 17.1 Å². The van der Waals surface area contributed by atoms with Crippen LogP contribution >= 0.6 is 0 Å². The summed E-state index contributed by atoms with van der Waals surface area (Å²) in [5.41, 5.74) is 1.06. The van der Waals surface area contributed by atoms with Gasteiger partial charge < -0.3 is 19.1 Å². The molecule has 1 unspecified atom stereocenters. The molecule has 148 valence electrons. The molecule has 2 heterocycles. The fourth-order valence-corrected chi connectivity index (χ4v) is 4.22. The molecule has 4 rings (SSSR count). The highest BCUT2D eigenvalue weighted by Crippen LogP contribution is 2.38. The number of fused-ring (bicyclic) bond motifs is 1. The van der Waals surface area contributed by atoms with E-state index >= 15 is 0 Å². The number of hydrogen-bond donors (Lipinski definition) is 0. The second kappa shape index (κ2) is 7.34. The topological polar surface area (TPSA) is 48.0 Å². The first kappa shape index (κ1) is 18.6. The number of rotatable bonds is 4. The number of piperidine rings is 1. The van der Waals surface area contributed by atoms with Crippen molar-refractivity contribution >= 4 is 5.91 Å². The number of benzene rings is 2. The van der Waals surface area contributed by atoms with Crippen LogP contribution in [0.5, 0.6) is 17.2 Å². The first-order valence-corrected chi connectivity index (χ1v) is 9.49. The predicted molar refractivity (Wildman–Crippen MR) is 102 cm³/mol. The molecule has 0 aromatic heterocycles. The Hall–Kier alpha value is -2.76. The molecule has 2 aromatic carbocycles. The maximum atomic E-state index is 14.4. The molecule has 5 nitrogen and oxygen atoms in total. The zero-order valence-electron chi connectivity index (χ0n) is 16.2. The quantitative estimate of drug-likeness (QED) is 0.797. The van der Waals surface area contributed by atoms with Crippen molar-refractivity contribution in [3.8, 4) is 17.2 Å². The highest BCUT2D eigenvalue weighted by Gasteiger charge is 2.35. The lowest BCUT2D eigenvalue weighted by Crippen LogP contribution is -2.46. The Kier molecular flexibility index (Phi) is 4.87. The predicted octanol–water partition coefficient (Wildman–Crippen LogP) is 4.05. The summed E-state index contributed by atoms with van der Waals surface area (Å²) >= 11 is 0. The number of hydrogen-bond acceptors (Lipinski definition) is 4. The summed E-state index contributed by atoms with van der Waals surface area (Å²) in [6.07, 6.45) is 2.69. The van der Waals surface area contributed by atoms with Gasteiger partial charge in [-0.05, 0) is 54.5 Å². The van der Waals surface area contributed by atoms with Gasteiger partial charge in [-0.2, -0.15) is 0 Å². The molecular formula is C22H24FNO4. The highest BCUT2D eigenvalue weighted by molar-refractivity contribution is 5.97. The Morgan fingerprint density at radius 1 is 1.25 bits per heavy atom. The smallest absolute Gasteiger partial charge is 0.260 e. The molecule has 1 atom stereocenters. The van der Waals surface area contributed by atoms with Crippen LogP contribution in [0.4, 0.5) is 4.39 Å². The highest BCUT2D eigenvalue weighted by atomic mass is 19.1. The molecule has 2 aliphatic heterocycles. The first-order chi connectivity index (χ1) is 13.5. The van der Waals surface area contributed by atoms with E-state index in [4.69, 9.17) is 14.2 Å². The Labute approximate surface area is 164 Å². The number of likely N-dealkylation sites (tertiary alicyclic amines) is 1. The molecule has 0 bridgehead atoms. The van der Waals surface area contributed by atoms with Crippen LogP contribution in [0.25, 0.3) is 0 Å². The van der Waals surface area contributed by atoms with Crippen LogP contribution in [0.15, 0.2) is 36.4 Å². The number of methoxy groups -OCH3 is 1. The Balaban J connectivity index is 1.53. The monoisotopic (exact) mass is 385 g/mol. The fourth-order valence-electron chi connectivity index (χ4n) is 4.22. The number of amides is 1. The van der Waals surface area contributed by atoms with Gasteiger partial charge in [0.2, 0.25) is 6.79 Å². The van der Waals surface area contributed by atoms with E-state index in [1.54, 1.807) is 17.0 Å². The van der Waals surface area contributed by atoms with Gasteiger partial charge in [-0.15, -0.1) is 0 Å². The molecule has 28 heavy (non-hydrogen) atoms. The van der Waals surface area contributed by atoms with Gasteiger partial charge >= 0.3 is 0 Å². The third kappa shape index (κ3) is 3.51. The van der Waals surface area contributed by atoms with Gasteiger partial charge in [-0.1, -0.05) is 19.1 Å². The molecule has 1 amide bonds. The van der Waals surface area contributed by atoms with Crippen LogP contribution in [0.3, 0.4) is 0 Å². The van der Waals surface area contributed by atoms with Crippen molar-refractivity contribution in [3.05, 3.63) is 53.3 Å². The third-order valence-electron chi connectivity index (χ3n) is 5.55. The molecule has 0 N–H and O–H groups in total. The van der Waals surface area contributed by atoms with Gasteiger partial charge in [0.25, 0.3) is 5.91 Å². The van der Waals surface area contributed by atoms with E-state index in [1.165, 1.54) is 13.2 Å². The number of carbonyl (C=O) groups is 1. The van der Waals surface area contributed by atoms with E-state index in [0.717, 1.165) is 36.3 Å². The number of nitrogens with zero attached hydrogens (tertiary/aromatic N) is 1. The van der Waals surface area contributed by atoms with Crippen molar-refractivity contribution in [2.24, 2.45) is 5.41 Å². The molecule has 0 saturated carbocycles. The van der Waals surface area contributed by atoms with Crippen LogP contribution in [0.2, 0.25) is 0 Å². The van der Waals surface area contributed by atoms with Crippen molar-refractivity contribution in [2.45, 2.75) is 26.2 Å². The summed E-state index contributed by atoms with van der Waals surface area (Å²) in [5, 5.41) is 0. The first-order valence-electron chi connectivity index (χ1n) is 9.49. The lowest BCUT2D eigenvalue weighted by molar-refractivity contribution is 0.0543. The maximum Gasteiger partial charge on any atom is 0.260 e. The third-order valence-corrected chi connectivity index (χ3v) is 5.55. The molecule has 6 heteroatoms. The second-order valence-electron chi connectivity index (χ2n) is 7.82. The van der Waals surface area contributed by atoms with Crippen LogP contribution in [-0.2, 0) is 6.42 Å². The summed E-state index contributed by atoms with van der Waals surface area (Å²) < 4.78 is 30.4. The molecular weight excluding hydrogens is 361 g/mol. The average molecular weight is 385 g/mol. The van der Waals surface area contributed by atoms with Gasteiger partial charge in [0, 0.05) is 13.1 Å². The van der Waals surface area contributed by atoms with Crippen LogP contribution in [-0.4, -0.2) is 37.8 Å². The largest absolute Gasteiger partial charge is 0.496 e. The van der Waals surface area contributed by atoms with Gasteiger partial charge in [-0.3, -0.25) is 4.79 Å². The zero-order chi connectivity index (χ0) is 19.7. The Bertz CT molecular complexity index is 900. The SMILES string of the molecule is COc1cccc(F)c1C(=O)N1CCCC(C)(Cc2ccc3c(c2)OCO3)C1. The van der Waals surface area contributed by atoms with Gasteiger partial charge in [0.15, 0.2) is 11.5 Å². The fraction of sp³-hybridized carbons (Fsp3) is 0.409. The number of ether oxygens (including phenoxy) is 3. The average Bonchev–Trinajstić information content (AvgIpc) is 3.14. The van der Waals surface area contributed by atoms with E-state index in [9.17, 15) is 9.18 Å². The van der Waals surface area contributed by atoms with E-state index in [0.29, 0.717) is 13.1 Å². The molecule has 1 saturated heterocycles. The van der Waals surface area contributed by atoms with Crippen molar-refractivity contribution < 1.29 is 23.4 Å². The summed E-state index contributed by atoms with van der Waals surface area (Å²) in [5.74, 6) is 0.939. The molecule has 0 spiro atoms. The minimum absolute atomic E-state index is 0.0114. The lowest BCUT2D eigenvalue weighted by atomic mass is 9.76. The van der Waals surface area contributed by atoms with Crippen molar-refractivity contribution in [1.29, 1.82) is 0 Å². The molecule has 0 radical (unpaired) electrons. The minimum Gasteiger partial charge on any atom is -0.496 e. The van der Waals surface area contributed by atoms with E-state index in [2.05, 4.69) is 6.92 Å². The Morgan fingerprint density at radius 3 is 2.89 bits per heavy atom. The molecule has 0 aliphatic carbocycles. The van der Waals surface area contributed by atoms with Gasteiger partial charge in [-0.25, -0.2) is 4.39 Å². The summed E-state index contributed by atoms with van der Waals surface area (Å²) in [6, 6.07) is 10.4. The van der Waals surface area contributed by atoms with E-state index in [1.807, 2.05) is 18.2 Å². The number of halogens is 1. The summed E-state index contributed by atoms with van der Waals surface area (Å²) in [7, 11) is 1.45. The second-order valence-corrected chi connectivity index (χ2v) is 7.82. The molecule has 2 aromatic rings. The zero-order valence-corrected chi connectivity index (χ0v) is 16.2. The normalized spacial score (nSPS) is 20.9.